The first-order valence-corrected chi connectivity index (χ1v) is 4.63. The second-order valence-electron chi connectivity index (χ2n) is 4.13. The minimum Gasteiger partial charge on any atom is -0.193 e. The summed E-state index contributed by atoms with van der Waals surface area (Å²) >= 11 is 0. The molecular formula is C11H19N. The van der Waals surface area contributed by atoms with E-state index in [4.69, 9.17) is 5.26 Å². The largest absolute Gasteiger partial charge is 0.193 e. The predicted octanol–water partition coefficient (Wildman–Crippen LogP) is 3.53. The van der Waals surface area contributed by atoms with Gasteiger partial charge < -0.3 is 0 Å². The van der Waals surface area contributed by atoms with Gasteiger partial charge in [-0.05, 0) is 24.7 Å². The van der Waals surface area contributed by atoms with Crippen LogP contribution in [0.4, 0.5) is 0 Å². The second-order valence-corrected chi connectivity index (χ2v) is 4.13. The Labute approximate surface area is 76.1 Å². The van der Waals surface area contributed by atoms with Gasteiger partial charge >= 0.3 is 0 Å². The van der Waals surface area contributed by atoms with Gasteiger partial charge in [0, 0.05) is 6.08 Å². The lowest BCUT2D eigenvalue weighted by Gasteiger charge is -2.10. The first-order valence-electron chi connectivity index (χ1n) is 4.63. The monoisotopic (exact) mass is 165 g/mol. The maximum atomic E-state index is 8.54. The van der Waals surface area contributed by atoms with Crippen molar-refractivity contribution >= 4 is 0 Å². The third-order valence-corrected chi connectivity index (χ3v) is 1.61. The van der Waals surface area contributed by atoms with E-state index in [1.165, 1.54) is 5.57 Å². The van der Waals surface area contributed by atoms with Crippen molar-refractivity contribution < 1.29 is 0 Å². The number of rotatable bonds is 4. The molecule has 0 aromatic heterocycles. The fourth-order valence-corrected chi connectivity index (χ4v) is 1.34. The molecule has 0 atom stereocenters. The molecule has 0 rings (SSSR count). The van der Waals surface area contributed by atoms with Crippen LogP contribution in [0.15, 0.2) is 11.6 Å². The fourth-order valence-electron chi connectivity index (χ4n) is 1.34. The number of allylic oxidation sites excluding steroid dienone is 2. The molecule has 0 N–H and O–H groups in total. The summed E-state index contributed by atoms with van der Waals surface area (Å²) in [5, 5.41) is 8.54. The van der Waals surface area contributed by atoms with Crippen LogP contribution < -0.4 is 0 Å². The van der Waals surface area contributed by atoms with Gasteiger partial charge in [-0.15, -0.1) is 0 Å². The molecule has 0 fully saturated rings. The van der Waals surface area contributed by atoms with Crippen LogP contribution in [0, 0.1) is 23.2 Å². The Hall–Kier alpha value is -0.770. The zero-order chi connectivity index (χ0) is 9.56. The van der Waals surface area contributed by atoms with Crippen molar-refractivity contribution in [1.82, 2.24) is 0 Å². The van der Waals surface area contributed by atoms with E-state index in [9.17, 15) is 0 Å². The summed E-state index contributed by atoms with van der Waals surface area (Å²) in [6.45, 7) is 8.74. The molecule has 0 aromatic rings. The summed E-state index contributed by atoms with van der Waals surface area (Å²) in [6.07, 6.45) is 3.83. The first kappa shape index (κ1) is 11.2. The number of hydrogen-bond donors (Lipinski definition) is 0. The minimum absolute atomic E-state index is 0.656. The molecule has 0 bridgehead atoms. The SMILES string of the molecule is CC(C)CC(=CC#N)CC(C)C. The molecule has 0 saturated heterocycles. The van der Waals surface area contributed by atoms with E-state index in [2.05, 4.69) is 33.8 Å². The lowest BCUT2D eigenvalue weighted by molar-refractivity contribution is 0.571. The number of nitriles is 1. The van der Waals surface area contributed by atoms with Crippen LogP contribution in [0.1, 0.15) is 40.5 Å². The Balaban J connectivity index is 4.08. The van der Waals surface area contributed by atoms with Crippen molar-refractivity contribution in [2.45, 2.75) is 40.5 Å². The van der Waals surface area contributed by atoms with E-state index in [-0.39, 0.29) is 0 Å². The molecule has 68 valence electrons. The van der Waals surface area contributed by atoms with Gasteiger partial charge in [0.25, 0.3) is 0 Å². The zero-order valence-corrected chi connectivity index (χ0v) is 8.59. The summed E-state index contributed by atoms with van der Waals surface area (Å²) in [7, 11) is 0. The van der Waals surface area contributed by atoms with Gasteiger partial charge in [-0.1, -0.05) is 33.3 Å². The average molecular weight is 165 g/mol. The Morgan fingerprint density at radius 3 is 1.83 bits per heavy atom. The second kappa shape index (κ2) is 5.83. The van der Waals surface area contributed by atoms with E-state index < -0.39 is 0 Å². The molecule has 0 aliphatic heterocycles. The maximum absolute atomic E-state index is 8.54. The summed E-state index contributed by atoms with van der Waals surface area (Å²) in [5.41, 5.74) is 1.29. The van der Waals surface area contributed by atoms with Crippen LogP contribution in [0.25, 0.3) is 0 Å². The number of nitrogens with zero attached hydrogens (tertiary/aromatic N) is 1. The van der Waals surface area contributed by atoms with E-state index >= 15 is 0 Å². The molecule has 12 heavy (non-hydrogen) atoms. The van der Waals surface area contributed by atoms with E-state index in [1.54, 1.807) is 6.08 Å². The van der Waals surface area contributed by atoms with Crippen LogP contribution in [0.2, 0.25) is 0 Å². The minimum atomic E-state index is 0.656. The van der Waals surface area contributed by atoms with Crippen molar-refractivity contribution in [2.24, 2.45) is 11.8 Å². The lowest BCUT2D eigenvalue weighted by Crippen LogP contribution is -1.96. The molecule has 0 unspecified atom stereocenters. The fraction of sp³-hybridized carbons (Fsp3) is 0.727. The highest BCUT2D eigenvalue weighted by atomic mass is 14.2. The standard InChI is InChI=1S/C11H19N/c1-9(2)7-11(5-6-12)8-10(3)4/h5,9-10H,7-8H2,1-4H3. The molecule has 0 aromatic carbocycles. The topological polar surface area (TPSA) is 23.8 Å². The van der Waals surface area contributed by atoms with Gasteiger partial charge in [0.1, 0.15) is 0 Å². The van der Waals surface area contributed by atoms with Crippen LogP contribution in [0.3, 0.4) is 0 Å². The molecule has 0 amide bonds. The van der Waals surface area contributed by atoms with Gasteiger partial charge in [0.05, 0.1) is 6.07 Å². The highest BCUT2D eigenvalue weighted by Crippen LogP contribution is 2.18. The third kappa shape index (κ3) is 5.97. The highest BCUT2D eigenvalue weighted by Gasteiger charge is 2.03. The van der Waals surface area contributed by atoms with Crippen molar-refractivity contribution in [1.29, 1.82) is 5.26 Å². The van der Waals surface area contributed by atoms with Crippen molar-refractivity contribution in [3.63, 3.8) is 0 Å². The molecule has 0 radical (unpaired) electrons. The van der Waals surface area contributed by atoms with Crippen LogP contribution in [0.5, 0.6) is 0 Å². The van der Waals surface area contributed by atoms with Crippen LogP contribution in [-0.2, 0) is 0 Å². The normalized spacial score (nSPS) is 10.1. The molecule has 0 saturated carbocycles. The molecule has 0 aliphatic carbocycles. The molecule has 0 heterocycles. The van der Waals surface area contributed by atoms with Crippen molar-refractivity contribution in [2.75, 3.05) is 0 Å². The lowest BCUT2D eigenvalue weighted by atomic mass is 9.95. The molecular weight excluding hydrogens is 146 g/mol. The molecule has 0 spiro atoms. The van der Waals surface area contributed by atoms with Crippen molar-refractivity contribution in [3.8, 4) is 6.07 Å². The molecule has 1 heteroatoms. The molecule has 1 nitrogen and oxygen atoms in total. The summed E-state index contributed by atoms with van der Waals surface area (Å²) in [5.74, 6) is 1.31. The third-order valence-electron chi connectivity index (χ3n) is 1.61. The Bertz CT molecular complexity index is 170. The van der Waals surface area contributed by atoms with E-state index in [0.29, 0.717) is 11.8 Å². The summed E-state index contributed by atoms with van der Waals surface area (Å²) in [4.78, 5) is 0. The van der Waals surface area contributed by atoms with Gasteiger partial charge in [-0.3, -0.25) is 0 Å². The van der Waals surface area contributed by atoms with Crippen molar-refractivity contribution in [3.05, 3.63) is 11.6 Å². The van der Waals surface area contributed by atoms with Gasteiger partial charge in [-0.2, -0.15) is 5.26 Å². The van der Waals surface area contributed by atoms with Gasteiger partial charge in [0.2, 0.25) is 0 Å². The predicted molar refractivity (Wildman–Crippen MR) is 52.6 cm³/mol. The zero-order valence-electron chi connectivity index (χ0n) is 8.59. The Morgan fingerprint density at radius 2 is 1.58 bits per heavy atom. The Kier molecular flexibility index (Phi) is 5.45. The molecule has 0 aliphatic rings. The van der Waals surface area contributed by atoms with Gasteiger partial charge in [-0.25, -0.2) is 0 Å². The number of hydrogen-bond acceptors (Lipinski definition) is 1. The van der Waals surface area contributed by atoms with Gasteiger partial charge in [0.15, 0.2) is 0 Å². The van der Waals surface area contributed by atoms with Crippen LogP contribution >= 0.6 is 0 Å². The average Bonchev–Trinajstić information content (AvgIpc) is 1.84. The summed E-state index contributed by atoms with van der Waals surface area (Å²) < 4.78 is 0. The summed E-state index contributed by atoms with van der Waals surface area (Å²) in [6, 6.07) is 2.12. The quantitative estimate of drug-likeness (QED) is 0.585. The van der Waals surface area contributed by atoms with E-state index in [0.717, 1.165) is 12.8 Å². The van der Waals surface area contributed by atoms with Crippen LogP contribution in [-0.4, -0.2) is 0 Å². The Morgan fingerprint density at radius 1 is 1.17 bits per heavy atom. The highest BCUT2D eigenvalue weighted by molar-refractivity contribution is 5.14. The maximum Gasteiger partial charge on any atom is 0.0911 e. The van der Waals surface area contributed by atoms with E-state index in [1.807, 2.05) is 0 Å². The first-order chi connectivity index (χ1) is 5.56. The smallest absolute Gasteiger partial charge is 0.0911 e.